The Balaban J connectivity index is 4.30. The second-order valence-electron chi connectivity index (χ2n) is 16.0. The Morgan fingerprint density at radius 3 is 1.10 bits per heavy atom. The Labute approximate surface area is 375 Å². The van der Waals surface area contributed by atoms with E-state index in [9.17, 15) is 14.4 Å². The van der Waals surface area contributed by atoms with Gasteiger partial charge in [0.1, 0.15) is 13.2 Å². The molecule has 0 saturated carbocycles. The summed E-state index contributed by atoms with van der Waals surface area (Å²) in [7, 11) is 0. The van der Waals surface area contributed by atoms with Crippen LogP contribution in [0.2, 0.25) is 0 Å². The van der Waals surface area contributed by atoms with E-state index >= 15 is 0 Å². The van der Waals surface area contributed by atoms with E-state index in [1.54, 1.807) is 0 Å². The van der Waals surface area contributed by atoms with Gasteiger partial charge in [-0.2, -0.15) is 0 Å². The van der Waals surface area contributed by atoms with E-state index in [-0.39, 0.29) is 31.1 Å². The van der Waals surface area contributed by atoms with Crippen molar-refractivity contribution in [3.8, 4) is 0 Å². The van der Waals surface area contributed by atoms with Crippen molar-refractivity contribution in [1.29, 1.82) is 0 Å². The smallest absolute Gasteiger partial charge is 0.306 e. The molecule has 6 nitrogen and oxygen atoms in total. The topological polar surface area (TPSA) is 78.9 Å². The van der Waals surface area contributed by atoms with Gasteiger partial charge in [0.15, 0.2) is 6.10 Å². The third-order valence-corrected chi connectivity index (χ3v) is 10.1. The zero-order valence-corrected chi connectivity index (χ0v) is 39.4. The van der Waals surface area contributed by atoms with Crippen molar-refractivity contribution in [2.75, 3.05) is 13.2 Å². The van der Waals surface area contributed by atoms with Gasteiger partial charge in [-0.05, 0) is 96.3 Å². The number of rotatable bonds is 43. The molecule has 61 heavy (non-hydrogen) atoms. The van der Waals surface area contributed by atoms with E-state index in [1.165, 1.54) is 44.9 Å². The van der Waals surface area contributed by atoms with Gasteiger partial charge in [0.25, 0.3) is 0 Å². The van der Waals surface area contributed by atoms with E-state index in [1.807, 2.05) is 0 Å². The van der Waals surface area contributed by atoms with Crippen LogP contribution in [0.4, 0.5) is 0 Å². The molecule has 1 atom stereocenters. The van der Waals surface area contributed by atoms with Gasteiger partial charge in [-0.15, -0.1) is 0 Å². The number of hydrogen-bond acceptors (Lipinski definition) is 6. The zero-order chi connectivity index (χ0) is 44.4. The van der Waals surface area contributed by atoms with E-state index in [0.29, 0.717) is 19.3 Å². The Kier molecular flexibility index (Phi) is 46.0. The third kappa shape index (κ3) is 47.2. The van der Waals surface area contributed by atoms with Gasteiger partial charge in [-0.3, -0.25) is 14.4 Å². The Morgan fingerprint density at radius 1 is 0.344 bits per heavy atom. The number of esters is 3. The van der Waals surface area contributed by atoms with Crippen LogP contribution in [0.1, 0.15) is 213 Å². The van der Waals surface area contributed by atoms with Crippen molar-refractivity contribution in [1.82, 2.24) is 0 Å². The van der Waals surface area contributed by atoms with Crippen molar-refractivity contribution in [3.05, 3.63) is 97.2 Å². The second-order valence-corrected chi connectivity index (χ2v) is 16.0. The molecular formula is C55H90O6. The van der Waals surface area contributed by atoms with Gasteiger partial charge in [0.2, 0.25) is 0 Å². The normalized spacial score (nSPS) is 12.9. The van der Waals surface area contributed by atoms with E-state index in [0.717, 1.165) is 128 Å². The van der Waals surface area contributed by atoms with Crippen molar-refractivity contribution < 1.29 is 28.6 Å². The van der Waals surface area contributed by atoms with Crippen molar-refractivity contribution in [2.24, 2.45) is 0 Å². The van der Waals surface area contributed by atoms with Crippen LogP contribution in [0.25, 0.3) is 0 Å². The highest BCUT2D eigenvalue weighted by molar-refractivity contribution is 5.71. The first kappa shape index (κ1) is 57.3. The molecule has 1 unspecified atom stereocenters. The van der Waals surface area contributed by atoms with Gasteiger partial charge in [-0.1, -0.05) is 195 Å². The van der Waals surface area contributed by atoms with Gasteiger partial charge in [0, 0.05) is 19.3 Å². The maximum absolute atomic E-state index is 12.7. The Morgan fingerprint density at radius 2 is 0.672 bits per heavy atom. The van der Waals surface area contributed by atoms with E-state index < -0.39 is 6.10 Å². The highest BCUT2D eigenvalue weighted by Gasteiger charge is 2.19. The largest absolute Gasteiger partial charge is 0.462 e. The second kappa shape index (κ2) is 49.0. The number of hydrogen-bond donors (Lipinski definition) is 0. The molecule has 0 N–H and O–H groups in total. The fourth-order valence-electron chi connectivity index (χ4n) is 6.36. The summed E-state index contributed by atoms with van der Waals surface area (Å²) < 4.78 is 16.6. The van der Waals surface area contributed by atoms with Gasteiger partial charge >= 0.3 is 17.9 Å². The molecule has 6 heteroatoms. The molecule has 0 aromatic rings. The number of ether oxygens (including phenoxy) is 3. The highest BCUT2D eigenvalue weighted by atomic mass is 16.6. The number of unbranched alkanes of at least 4 members (excludes halogenated alkanes) is 16. The molecule has 0 bridgehead atoms. The fourth-order valence-corrected chi connectivity index (χ4v) is 6.36. The molecular weight excluding hydrogens is 757 g/mol. The lowest BCUT2D eigenvalue weighted by Gasteiger charge is -2.18. The number of carbonyl (C=O) groups is 3. The molecule has 0 saturated heterocycles. The molecule has 0 aromatic carbocycles. The van der Waals surface area contributed by atoms with Crippen LogP contribution < -0.4 is 0 Å². The lowest BCUT2D eigenvalue weighted by Crippen LogP contribution is -2.30. The van der Waals surface area contributed by atoms with Crippen LogP contribution in [0.3, 0.4) is 0 Å². The quantitative estimate of drug-likeness (QED) is 0.0263. The minimum atomic E-state index is -0.792. The summed E-state index contributed by atoms with van der Waals surface area (Å²) in [5.41, 5.74) is 0. The summed E-state index contributed by atoms with van der Waals surface area (Å²) in [6.45, 7) is 6.37. The molecule has 0 heterocycles. The van der Waals surface area contributed by atoms with Crippen molar-refractivity contribution in [3.63, 3.8) is 0 Å². The SMILES string of the molecule is CC/C=C\C/C=C\C/C=C\C/C=C\C/C=C\C/C=C\C/C=C\CCCCCC(=O)OCC(COC(=O)CCCCCCCCCC)OC(=O)CCCCCCC/C=C\CCC. The molecule has 0 fully saturated rings. The van der Waals surface area contributed by atoms with Crippen LogP contribution in [0.15, 0.2) is 97.2 Å². The number of carbonyl (C=O) groups excluding carboxylic acids is 3. The molecule has 0 aliphatic heterocycles. The average Bonchev–Trinajstić information content (AvgIpc) is 3.26. The first-order valence-corrected chi connectivity index (χ1v) is 24.7. The van der Waals surface area contributed by atoms with E-state index in [2.05, 4.69) is 118 Å². The summed E-state index contributed by atoms with van der Waals surface area (Å²) in [6, 6.07) is 0. The molecule has 0 aromatic heterocycles. The maximum atomic E-state index is 12.7. The highest BCUT2D eigenvalue weighted by Crippen LogP contribution is 2.13. The number of allylic oxidation sites excluding steroid dienone is 16. The van der Waals surface area contributed by atoms with Crippen LogP contribution in [0, 0.1) is 0 Å². The fraction of sp³-hybridized carbons (Fsp3) is 0.655. The predicted molar refractivity (Wildman–Crippen MR) is 260 cm³/mol. The molecule has 346 valence electrons. The van der Waals surface area contributed by atoms with Gasteiger partial charge in [-0.25, -0.2) is 0 Å². The van der Waals surface area contributed by atoms with Crippen LogP contribution in [0.5, 0.6) is 0 Å². The molecule has 0 spiro atoms. The van der Waals surface area contributed by atoms with Crippen molar-refractivity contribution >= 4 is 17.9 Å². The van der Waals surface area contributed by atoms with Crippen LogP contribution in [-0.4, -0.2) is 37.2 Å². The monoisotopic (exact) mass is 847 g/mol. The van der Waals surface area contributed by atoms with Crippen molar-refractivity contribution in [2.45, 2.75) is 219 Å². The first-order valence-electron chi connectivity index (χ1n) is 24.7. The zero-order valence-electron chi connectivity index (χ0n) is 39.4. The third-order valence-electron chi connectivity index (χ3n) is 10.1. The minimum absolute atomic E-state index is 0.0919. The summed E-state index contributed by atoms with van der Waals surface area (Å²) in [5.74, 6) is -0.949. The first-order chi connectivity index (χ1) is 30.0. The Hall–Kier alpha value is -3.67. The summed E-state index contributed by atoms with van der Waals surface area (Å²) >= 11 is 0. The lowest BCUT2D eigenvalue weighted by molar-refractivity contribution is -0.167. The summed E-state index contributed by atoms with van der Waals surface area (Å²) in [5, 5.41) is 0. The lowest BCUT2D eigenvalue weighted by atomic mass is 10.1. The minimum Gasteiger partial charge on any atom is -0.462 e. The maximum Gasteiger partial charge on any atom is 0.306 e. The van der Waals surface area contributed by atoms with Crippen LogP contribution in [-0.2, 0) is 28.6 Å². The van der Waals surface area contributed by atoms with E-state index in [4.69, 9.17) is 14.2 Å². The van der Waals surface area contributed by atoms with Gasteiger partial charge < -0.3 is 14.2 Å². The predicted octanol–water partition coefficient (Wildman–Crippen LogP) is 16.2. The van der Waals surface area contributed by atoms with Crippen LogP contribution >= 0.6 is 0 Å². The molecule has 0 aliphatic carbocycles. The molecule has 0 rings (SSSR count). The average molecular weight is 847 g/mol. The van der Waals surface area contributed by atoms with Gasteiger partial charge in [0.05, 0.1) is 0 Å². The standard InChI is InChI=1S/C55H90O6/c1-4-7-10-13-16-19-21-22-23-24-25-26-27-28-29-30-31-32-33-34-35-37-39-42-45-48-54(57)60-51-52(50-59-53(56)47-44-41-38-18-15-12-9-6-3)61-55(58)49-46-43-40-36-20-17-14-11-8-5-2/h7,10-11,14,16,19,22-23,25-26,28-29,31-32,34-35,52H,4-6,8-9,12-13,15,17-18,20-21,24,27,30,33,36-51H2,1-3H3/b10-7-,14-11-,19-16-,23-22-,26-25-,29-28-,32-31-,35-34-. The molecule has 0 aliphatic rings. The summed E-state index contributed by atoms with van der Waals surface area (Å²) in [6.07, 6.45) is 64.1. The molecule has 0 amide bonds. The summed E-state index contributed by atoms with van der Waals surface area (Å²) in [4.78, 5) is 37.7. The Bertz CT molecular complexity index is 1250. The molecule has 0 radical (unpaired) electrons.